The molecule has 182 valence electrons. The highest BCUT2D eigenvalue weighted by Crippen LogP contribution is 2.42. The van der Waals surface area contributed by atoms with E-state index in [4.69, 9.17) is 14.6 Å². The van der Waals surface area contributed by atoms with E-state index >= 15 is 0 Å². The number of aliphatic carboxylic acids is 1. The van der Waals surface area contributed by atoms with Crippen molar-refractivity contribution in [3.05, 3.63) is 34.0 Å². The van der Waals surface area contributed by atoms with Crippen LogP contribution in [0.15, 0.2) is 17.6 Å². The standard InChI is InChI=1S/C18H25N5O2S.C2HF3O2/c1-13-10-26-16(21-13)9-23-11-18(12-23)14(5-8-25-18)3-6-19-17(24)15-4-7-20-22(15)2;3-2(4,5)1(6)7/h4,7,10,14H,3,5-6,8-9,11-12H2,1-2H3,(H,19,24);(H,6,7). The van der Waals surface area contributed by atoms with E-state index in [2.05, 4.69) is 25.7 Å². The Morgan fingerprint density at radius 2 is 2.09 bits per heavy atom. The Hall–Kier alpha value is -2.51. The minimum atomic E-state index is -5.08. The van der Waals surface area contributed by atoms with E-state index in [-0.39, 0.29) is 11.5 Å². The molecule has 1 amide bonds. The number of amides is 1. The predicted molar refractivity (Wildman–Crippen MR) is 113 cm³/mol. The molecule has 4 rings (SSSR count). The van der Waals surface area contributed by atoms with Crippen LogP contribution in [0.4, 0.5) is 13.2 Å². The summed E-state index contributed by atoms with van der Waals surface area (Å²) in [5.74, 6) is -2.32. The number of ether oxygens (including phenoxy) is 1. The first-order valence-corrected chi connectivity index (χ1v) is 11.2. The van der Waals surface area contributed by atoms with Gasteiger partial charge in [-0.05, 0) is 31.7 Å². The Morgan fingerprint density at radius 1 is 1.39 bits per heavy atom. The quantitative estimate of drug-likeness (QED) is 0.640. The molecule has 2 aliphatic rings. The fourth-order valence-electron chi connectivity index (χ4n) is 4.08. The fourth-order valence-corrected chi connectivity index (χ4v) is 4.89. The summed E-state index contributed by atoms with van der Waals surface area (Å²) >= 11 is 1.73. The molecule has 2 aliphatic heterocycles. The Labute approximate surface area is 192 Å². The van der Waals surface area contributed by atoms with Crippen LogP contribution >= 0.6 is 11.3 Å². The summed E-state index contributed by atoms with van der Waals surface area (Å²) in [4.78, 5) is 28.0. The topological polar surface area (TPSA) is 110 Å². The molecule has 0 aliphatic carbocycles. The maximum absolute atomic E-state index is 12.2. The maximum atomic E-state index is 12.2. The molecule has 2 aromatic heterocycles. The van der Waals surface area contributed by atoms with Crippen LogP contribution in [0.3, 0.4) is 0 Å². The average molecular weight is 490 g/mol. The number of carbonyl (C=O) groups excluding carboxylic acids is 1. The van der Waals surface area contributed by atoms with Gasteiger partial charge in [-0.3, -0.25) is 14.4 Å². The summed E-state index contributed by atoms with van der Waals surface area (Å²) in [6.07, 6.45) is -1.42. The van der Waals surface area contributed by atoms with Gasteiger partial charge in [0.15, 0.2) is 0 Å². The molecule has 2 fully saturated rings. The number of hydrogen-bond donors (Lipinski definition) is 2. The number of nitrogens with one attached hydrogen (secondary N) is 1. The molecule has 9 nitrogen and oxygen atoms in total. The lowest BCUT2D eigenvalue weighted by molar-refractivity contribution is -0.192. The van der Waals surface area contributed by atoms with Gasteiger partial charge in [0.05, 0.1) is 12.1 Å². The van der Waals surface area contributed by atoms with Crippen LogP contribution in [0.1, 0.15) is 34.0 Å². The average Bonchev–Trinajstić information content (AvgIpc) is 3.42. The third-order valence-electron chi connectivity index (χ3n) is 5.68. The summed E-state index contributed by atoms with van der Waals surface area (Å²) in [6, 6.07) is 1.74. The third-order valence-corrected chi connectivity index (χ3v) is 6.63. The predicted octanol–water partition coefficient (Wildman–Crippen LogP) is 2.23. The minimum absolute atomic E-state index is 0.0242. The molecule has 0 aromatic carbocycles. The number of carboxylic acid groups (broad SMARTS) is 1. The minimum Gasteiger partial charge on any atom is -0.475 e. The number of carbonyl (C=O) groups is 2. The van der Waals surface area contributed by atoms with Gasteiger partial charge < -0.3 is 15.2 Å². The Morgan fingerprint density at radius 3 is 2.64 bits per heavy atom. The highest BCUT2D eigenvalue weighted by atomic mass is 32.1. The molecule has 0 bridgehead atoms. The van der Waals surface area contributed by atoms with Gasteiger partial charge in [0.25, 0.3) is 5.91 Å². The number of nitrogens with zero attached hydrogens (tertiary/aromatic N) is 4. The van der Waals surface area contributed by atoms with Gasteiger partial charge in [0.1, 0.15) is 10.7 Å². The molecule has 2 saturated heterocycles. The molecule has 1 spiro atoms. The first kappa shape index (κ1) is 25.1. The van der Waals surface area contributed by atoms with Crippen molar-refractivity contribution in [1.82, 2.24) is 25.0 Å². The van der Waals surface area contributed by atoms with E-state index in [1.165, 1.54) is 5.01 Å². The number of aryl methyl sites for hydroxylation is 2. The molecule has 33 heavy (non-hydrogen) atoms. The Balaban J connectivity index is 0.000000383. The SMILES string of the molecule is Cc1csc(CN2CC3(C2)OCCC3CCNC(=O)c2ccnn2C)n1.O=C(O)C(F)(F)F. The summed E-state index contributed by atoms with van der Waals surface area (Å²) in [7, 11) is 1.78. The second-order valence-electron chi connectivity index (χ2n) is 8.11. The lowest BCUT2D eigenvalue weighted by atomic mass is 9.79. The van der Waals surface area contributed by atoms with E-state index in [9.17, 15) is 18.0 Å². The van der Waals surface area contributed by atoms with Crippen LogP contribution in [0.25, 0.3) is 0 Å². The summed E-state index contributed by atoms with van der Waals surface area (Å²) in [6.45, 7) is 6.37. The Kier molecular flexibility index (Phi) is 7.75. The summed E-state index contributed by atoms with van der Waals surface area (Å²) in [5.41, 5.74) is 1.67. The maximum Gasteiger partial charge on any atom is 0.490 e. The van der Waals surface area contributed by atoms with Gasteiger partial charge in [-0.15, -0.1) is 11.3 Å². The molecule has 0 radical (unpaired) electrons. The number of thiazole rings is 1. The molecule has 13 heteroatoms. The van der Waals surface area contributed by atoms with E-state index in [0.717, 1.165) is 44.8 Å². The molecule has 4 heterocycles. The first-order chi connectivity index (χ1) is 15.5. The van der Waals surface area contributed by atoms with Crippen molar-refractivity contribution >= 4 is 23.2 Å². The molecule has 2 aromatic rings. The number of halogens is 3. The van der Waals surface area contributed by atoms with Crippen molar-refractivity contribution in [2.75, 3.05) is 26.2 Å². The molecular formula is C20H26F3N5O4S. The van der Waals surface area contributed by atoms with Gasteiger partial charge in [0.2, 0.25) is 0 Å². The molecule has 2 N–H and O–H groups in total. The van der Waals surface area contributed by atoms with Gasteiger partial charge >= 0.3 is 12.1 Å². The van der Waals surface area contributed by atoms with Crippen LogP contribution in [0, 0.1) is 12.8 Å². The number of likely N-dealkylation sites (tertiary alicyclic amines) is 1. The van der Waals surface area contributed by atoms with E-state index in [1.54, 1.807) is 35.3 Å². The van der Waals surface area contributed by atoms with Crippen LogP contribution in [0.2, 0.25) is 0 Å². The van der Waals surface area contributed by atoms with Crippen LogP contribution < -0.4 is 5.32 Å². The van der Waals surface area contributed by atoms with Crippen LogP contribution in [-0.2, 0) is 23.1 Å². The fraction of sp³-hybridized carbons (Fsp3) is 0.600. The number of carboxylic acids is 1. The Bertz CT molecular complexity index is 971. The lowest BCUT2D eigenvalue weighted by Crippen LogP contribution is -2.64. The largest absolute Gasteiger partial charge is 0.490 e. The monoisotopic (exact) mass is 489 g/mol. The van der Waals surface area contributed by atoms with Crippen molar-refractivity contribution in [2.24, 2.45) is 13.0 Å². The number of rotatable bonds is 6. The van der Waals surface area contributed by atoms with E-state index in [0.29, 0.717) is 18.2 Å². The number of alkyl halides is 3. The molecular weight excluding hydrogens is 463 g/mol. The van der Waals surface area contributed by atoms with Gasteiger partial charge in [-0.1, -0.05) is 0 Å². The third kappa shape index (κ3) is 6.30. The highest BCUT2D eigenvalue weighted by molar-refractivity contribution is 7.09. The van der Waals surface area contributed by atoms with Gasteiger partial charge in [-0.2, -0.15) is 18.3 Å². The van der Waals surface area contributed by atoms with E-state index in [1.807, 2.05) is 6.92 Å². The van der Waals surface area contributed by atoms with Crippen molar-refractivity contribution in [3.8, 4) is 0 Å². The lowest BCUT2D eigenvalue weighted by Gasteiger charge is -2.50. The highest BCUT2D eigenvalue weighted by Gasteiger charge is 2.52. The smallest absolute Gasteiger partial charge is 0.475 e. The van der Waals surface area contributed by atoms with Gasteiger partial charge in [-0.25, -0.2) is 9.78 Å². The summed E-state index contributed by atoms with van der Waals surface area (Å²) in [5, 5.41) is 17.5. The summed E-state index contributed by atoms with van der Waals surface area (Å²) < 4.78 is 39.5. The van der Waals surface area contributed by atoms with Crippen molar-refractivity contribution in [1.29, 1.82) is 0 Å². The number of hydrogen-bond acceptors (Lipinski definition) is 7. The molecule has 0 saturated carbocycles. The van der Waals surface area contributed by atoms with Crippen LogP contribution in [-0.4, -0.2) is 74.7 Å². The zero-order valence-corrected chi connectivity index (χ0v) is 19.1. The van der Waals surface area contributed by atoms with Crippen molar-refractivity contribution in [3.63, 3.8) is 0 Å². The molecule has 1 atom stereocenters. The molecule has 1 unspecified atom stereocenters. The van der Waals surface area contributed by atoms with Crippen molar-refractivity contribution in [2.45, 2.75) is 38.1 Å². The first-order valence-electron chi connectivity index (χ1n) is 10.3. The second-order valence-corrected chi connectivity index (χ2v) is 9.06. The van der Waals surface area contributed by atoms with Gasteiger partial charge in [0, 0.05) is 50.6 Å². The normalized spacial score (nSPS) is 19.6. The zero-order valence-electron chi connectivity index (χ0n) is 18.3. The second kappa shape index (κ2) is 10.2. The zero-order chi connectivity index (χ0) is 24.2. The van der Waals surface area contributed by atoms with Crippen molar-refractivity contribution < 1.29 is 32.6 Å². The van der Waals surface area contributed by atoms with Crippen LogP contribution in [0.5, 0.6) is 0 Å². The number of aromatic nitrogens is 3. The van der Waals surface area contributed by atoms with E-state index < -0.39 is 12.1 Å².